The number of hydrogen-bond donors (Lipinski definition) is 3. The summed E-state index contributed by atoms with van der Waals surface area (Å²) < 4.78 is 28.5. The number of carbonyl (C=O) groups is 2. The van der Waals surface area contributed by atoms with Crippen LogP contribution in [0.3, 0.4) is 0 Å². The molecule has 35 heavy (non-hydrogen) atoms. The number of fused-ring (bicyclic) bond motifs is 2. The number of benzene rings is 2. The molecule has 4 atom stereocenters. The lowest BCUT2D eigenvalue weighted by Crippen LogP contribution is -2.48. The Morgan fingerprint density at radius 2 is 1.71 bits per heavy atom. The Morgan fingerprint density at radius 1 is 1.09 bits per heavy atom. The van der Waals surface area contributed by atoms with Crippen LogP contribution in [-0.4, -0.2) is 69.7 Å². The average Bonchev–Trinajstić information content (AvgIpc) is 3.08. The lowest BCUT2D eigenvalue weighted by atomic mass is 9.84. The Kier molecular flexibility index (Phi) is 7.78. The van der Waals surface area contributed by atoms with Crippen LogP contribution in [0.15, 0.2) is 42.5 Å². The third-order valence-corrected chi connectivity index (χ3v) is 7.34. The summed E-state index contributed by atoms with van der Waals surface area (Å²) in [6.07, 6.45) is 2.16. The molecule has 2 aromatic carbocycles. The zero-order valence-electron chi connectivity index (χ0n) is 19.4. The van der Waals surface area contributed by atoms with Crippen molar-refractivity contribution in [2.45, 2.75) is 56.3 Å². The Bertz CT molecular complexity index is 1050. The number of aliphatic hydroxyl groups is 2. The van der Waals surface area contributed by atoms with E-state index in [-0.39, 0.29) is 30.7 Å². The van der Waals surface area contributed by atoms with E-state index in [1.807, 2.05) is 18.2 Å². The van der Waals surface area contributed by atoms with Crippen LogP contribution in [0.5, 0.6) is 0 Å². The lowest BCUT2D eigenvalue weighted by molar-refractivity contribution is -0.143. The maximum atomic E-state index is 14.2. The summed E-state index contributed by atoms with van der Waals surface area (Å²) in [5.74, 6) is -2.45. The molecule has 4 N–H and O–H groups in total. The minimum absolute atomic E-state index is 0.165. The van der Waals surface area contributed by atoms with Gasteiger partial charge < -0.3 is 20.8 Å². The molecular formula is C26H31F2N3O4. The van der Waals surface area contributed by atoms with Gasteiger partial charge in [0.15, 0.2) is 6.10 Å². The van der Waals surface area contributed by atoms with E-state index in [4.69, 9.17) is 5.73 Å². The van der Waals surface area contributed by atoms with Crippen molar-refractivity contribution in [1.29, 1.82) is 0 Å². The highest BCUT2D eigenvalue weighted by Crippen LogP contribution is 2.43. The average molecular weight is 488 g/mol. The molecule has 2 aliphatic heterocycles. The largest absolute Gasteiger partial charge is 0.393 e. The van der Waals surface area contributed by atoms with Crippen LogP contribution < -0.4 is 5.73 Å². The summed E-state index contributed by atoms with van der Waals surface area (Å²) in [6.45, 7) is -0.446. The SMILES string of the molecule is NC(=O)c1cccc(C2C[C@H]3CC[C@@H](C2)N3CCN(Cc2c(F)cccc2F)C(=O)[C@@H](O)CO)c1. The van der Waals surface area contributed by atoms with Crippen LogP contribution in [0.4, 0.5) is 8.78 Å². The maximum Gasteiger partial charge on any atom is 0.254 e. The molecule has 0 spiro atoms. The third kappa shape index (κ3) is 5.52. The normalized spacial score (nSPS) is 22.7. The number of nitrogens with two attached hydrogens (primary N) is 1. The van der Waals surface area contributed by atoms with Gasteiger partial charge in [-0.15, -0.1) is 0 Å². The second kappa shape index (κ2) is 10.8. The van der Waals surface area contributed by atoms with E-state index in [2.05, 4.69) is 4.90 Å². The van der Waals surface area contributed by atoms with Crippen LogP contribution in [0.1, 0.15) is 53.1 Å². The first-order chi connectivity index (χ1) is 16.8. The highest BCUT2D eigenvalue weighted by atomic mass is 19.1. The van der Waals surface area contributed by atoms with Crippen LogP contribution in [0, 0.1) is 11.6 Å². The fourth-order valence-corrected chi connectivity index (χ4v) is 5.52. The topological polar surface area (TPSA) is 107 Å². The predicted molar refractivity (Wildman–Crippen MR) is 125 cm³/mol. The Morgan fingerprint density at radius 3 is 2.31 bits per heavy atom. The zero-order chi connectivity index (χ0) is 25.1. The molecule has 188 valence electrons. The summed E-state index contributed by atoms with van der Waals surface area (Å²) >= 11 is 0. The van der Waals surface area contributed by atoms with Crippen molar-refractivity contribution in [2.24, 2.45) is 5.73 Å². The number of amides is 2. The molecule has 2 aliphatic rings. The van der Waals surface area contributed by atoms with Crippen LogP contribution in [0.25, 0.3) is 0 Å². The van der Waals surface area contributed by atoms with Gasteiger partial charge in [0.2, 0.25) is 5.91 Å². The summed E-state index contributed by atoms with van der Waals surface area (Å²) in [5.41, 5.74) is 6.78. The van der Waals surface area contributed by atoms with Crippen LogP contribution in [0.2, 0.25) is 0 Å². The molecule has 0 aliphatic carbocycles. The van der Waals surface area contributed by atoms with Crippen molar-refractivity contribution in [3.8, 4) is 0 Å². The number of rotatable bonds is 9. The monoisotopic (exact) mass is 487 g/mol. The Hall–Kier alpha value is -2.88. The molecule has 0 aromatic heterocycles. The molecule has 2 fully saturated rings. The number of carbonyl (C=O) groups excluding carboxylic acids is 2. The van der Waals surface area contributed by atoms with Gasteiger partial charge in [0.05, 0.1) is 13.2 Å². The van der Waals surface area contributed by atoms with Gasteiger partial charge in [-0.1, -0.05) is 18.2 Å². The van der Waals surface area contributed by atoms with Gasteiger partial charge in [-0.2, -0.15) is 0 Å². The predicted octanol–water partition coefficient (Wildman–Crippen LogP) is 2.16. The van der Waals surface area contributed by atoms with Gasteiger partial charge in [-0.3, -0.25) is 14.5 Å². The molecular weight excluding hydrogens is 456 g/mol. The van der Waals surface area contributed by atoms with Gasteiger partial charge in [0.25, 0.3) is 5.91 Å². The Balaban J connectivity index is 1.45. The number of halogens is 2. The smallest absolute Gasteiger partial charge is 0.254 e. The molecule has 0 radical (unpaired) electrons. The summed E-state index contributed by atoms with van der Waals surface area (Å²) in [7, 11) is 0. The first-order valence-electron chi connectivity index (χ1n) is 11.9. The molecule has 2 heterocycles. The molecule has 2 amide bonds. The van der Waals surface area contributed by atoms with Crippen molar-refractivity contribution in [3.05, 3.63) is 70.8 Å². The minimum Gasteiger partial charge on any atom is -0.393 e. The fraction of sp³-hybridized carbons (Fsp3) is 0.462. The summed E-state index contributed by atoms with van der Waals surface area (Å²) in [4.78, 5) is 27.8. The number of primary amides is 1. The summed E-state index contributed by atoms with van der Waals surface area (Å²) in [6, 6.07) is 11.5. The number of piperidine rings is 1. The van der Waals surface area contributed by atoms with E-state index in [0.29, 0.717) is 18.0 Å². The quantitative estimate of drug-likeness (QED) is 0.503. The van der Waals surface area contributed by atoms with Crippen molar-refractivity contribution >= 4 is 11.8 Å². The first-order valence-corrected chi connectivity index (χ1v) is 11.9. The van der Waals surface area contributed by atoms with E-state index < -0.39 is 36.2 Å². The molecule has 2 bridgehead atoms. The van der Waals surface area contributed by atoms with Crippen molar-refractivity contribution < 1.29 is 28.6 Å². The second-order valence-corrected chi connectivity index (χ2v) is 9.44. The number of hydrogen-bond acceptors (Lipinski definition) is 5. The fourth-order valence-electron chi connectivity index (χ4n) is 5.52. The number of aliphatic hydroxyl groups excluding tert-OH is 2. The summed E-state index contributed by atoms with van der Waals surface area (Å²) in [5, 5.41) is 19.2. The van der Waals surface area contributed by atoms with E-state index in [9.17, 15) is 28.6 Å². The van der Waals surface area contributed by atoms with Gasteiger partial charge in [-0.05, 0) is 61.4 Å². The molecule has 0 saturated carbocycles. The molecule has 4 rings (SSSR count). The standard InChI is InChI=1S/C26H31F2N3O4/c27-22-5-2-6-23(28)21(22)14-30(26(35)24(33)15-32)9-10-31-19-7-8-20(31)13-18(12-19)16-3-1-4-17(11-16)25(29)34/h1-6,11,18-20,24,32-33H,7-10,12-15H2,(H2,29,34)/t18?,19-,20+,24-/m0/s1. The third-order valence-electron chi connectivity index (χ3n) is 7.34. The van der Waals surface area contributed by atoms with E-state index >= 15 is 0 Å². The molecule has 2 saturated heterocycles. The van der Waals surface area contributed by atoms with E-state index in [1.54, 1.807) is 6.07 Å². The van der Waals surface area contributed by atoms with E-state index in [0.717, 1.165) is 43.4 Å². The molecule has 9 heteroatoms. The van der Waals surface area contributed by atoms with Crippen LogP contribution in [-0.2, 0) is 11.3 Å². The van der Waals surface area contributed by atoms with Crippen molar-refractivity contribution in [2.75, 3.05) is 19.7 Å². The maximum absolute atomic E-state index is 14.2. The van der Waals surface area contributed by atoms with Crippen molar-refractivity contribution in [3.63, 3.8) is 0 Å². The van der Waals surface area contributed by atoms with Crippen molar-refractivity contribution in [1.82, 2.24) is 9.80 Å². The Labute approximate surface area is 203 Å². The molecule has 7 nitrogen and oxygen atoms in total. The highest BCUT2D eigenvalue weighted by molar-refractivity contribution is 5.92. The molecule has 1 unspecified atom stereocenters. The van der Waals surface area contributed by atoms with Gasteiger partial charge >= 0.3 is 0 Å². The van der Waals surface area contributed by atoms with E-state index in [1.165, 1.54) is 11.0 Å². The highest BCUT2D eigenvalue weighted by Gasteiger charge is 2.41. The van der Waals surface area contributed by atoms with Gasteiger partial charge in [0, 0.05) is 36.3 Å². The first kappa shape index (κ1) is 25.2. The second-order valence-electron chi connectivity index (χ2n) is 9.44. The van der Waals surface area contributed by atoms with Gasteiger partial charge in [-0.25, -0.2) is 8.78 Å². The minimum atomic E-state index is -1.65. The lowest BCUT2D eigenvalue weighted by Gasteiger charge is -2.40. The zero-order valence-corrected chi connectivity index (χ0v) is 19.4. The van der Waals surface area contributed by atoms with Gasteiger partial charge in [0.1, 0.15) is 11.6 Å². The van der Waals surface area contributed by atoms with Crippen LogP contribution >= 0.6 is 0 Å². The molecule has 2 aromatic rings. The number of nitrogens with zero attached hydrogens (tertiary/aromatic N) is 2.